The molecule has 0 saturated carbocycles. The van der Waals surface area contributed by atoms with E-state index in [4.69, 9.17) is 4.52 Å². The van der Waals surface area contributed by atoms with Crippen molar-refractivity contribution in [3.05, 3.63) is 53.2 Å². The molecule has 0 aliphatic carbocycles. The number of hydrogen-bond acceptors (Lipinski definition) is 6. The van der Waals surface area contributed by atoms with Gasteiger partial charge in [0.1, 0.15) is 6.04 Å². The van der Waals surface area contributed by atoms with E-state index in [-0.39, 0.29) is 11.9 Å². The van der Waals surface area contributed by atoms with Crippen molar-refractivity contribution in [2.24, 2.45) is 0 Å². The zero-order valence-corrected chi connectivity index (χ0v) is 15.5. The lowest BCUT2D eigenvalue weighted by Crippen LogP contribution is -2.39. The number of piperidine rings is 1. The Hall–Kier alpha value is -3.00. The summed E-state index contributed by atoms with van der Waals surface area (Å²) in [5.41, 5.74) is 3.45. The van der Waals surface area contributed by atoms with Gasteiger partial charge in [-0.2, -0.15) is 10.1 Å². The van der Waals surface area contributed by atoms with E-state index in [0.717, 1.165) is 49.0 Å². The molecular weight excluding hydrogens is 356 g/mol. The summed E-state index contributed by atoms with van der Waals surface area (Å²) in [7, 11) is 0. The summed E-state index contributed by atoms with van der Waals surface area (Å²) in [4.78, 5) is 19.8. The van der Waals surface area contributed by atoms with Crippen LogP contribution in [0, 0.1) is 0 Å². The molecule has 1 aromatic carbocycles. The van der Waals surface area contributed by atoms with E-state index in [0.29, 0.717) is 30.5 Å². The third-order valence-corrected chi connectivity index (χ3v) is 5.53. The van der Waals surface area contributed by atoms with Gasteiger partial charge in [0.2, 0.25) is 11.7 Å². The number of aromatic amines is 1. The maximum absolute atomic E-state index is 13.3. The second-order valence-corrected chi connectivity index (χ2v) is 7.29. The number of amides is 1. The summed E-state index contributed by atoms with van der Waals surface area (Å²) < 4.78 is 5.57. The van der Waals surface area contributed by atoms with Crippen LogP contribution >= 0.6 is 0 Å². The van der Waals surface area contributed by atoms with Crippen molar-refractivity contribution in [2.75, 3.05) is 13.1 Å². The Morgan fingerprint density at radius 3 is 3.00 bits per heavy atom. The molecule has 0 radical (unpaired) electrons. The molecule has 4 heterocycles. The average Bonchev–Trinajstić information content (AvgIpc) is 3.41. The standard InChI is InChI=1S/C20H22N6O2/c27-20(17-14-12-21-10-9-15(14)23-24-17)26-11-5-4-8-16(26)19-22-18(25-28-19)13-6-2-1-3-7-13/h1-3,6-7,16,21H,4-5,8-12H2,(H,23,24). The fourth-order valence-electron chi connectivity index (χ4n) is 4.04. The number of likely N-dealkylation sites (tertiary alicyclic amines) is 1. The largest absolute Gasteiger partial charge is 0.337 e. The highest BCUT2D eigenvalue weighted by Crippen LogP contribution is 2.33. The molecule has 1 amide bonds. The monoisotopic (exact) mass is 378 g/mol. The molecular formula is C20H22N6O2. The predicted molar refractivity (Wildman–Crippen MR) is 101 cm³/mol. The van der Waals surface area contributed by atoms with E-state index in [1.165, 1.54) is 0 Å². The van der Waals surface area contributed by atoms with Crippen LogP contribution in [0.2, 0.25) is 0 Å². The first kappa shape index (κ1) is 17.1. The van der Waals surface area contributed by atoms with Gasteiger partial charge in [0.15, 0.2) is 5.69 Å². The van der Waals surface area contributed by atoms with Gasteiger partial charge in [-0.25, -0.2) is 0 Å². The summed E-state index contributed by atoms with van der Waals surface area (Å²) >= 11 is 0. The molecule has 5 rings (SSSR count). The first-order chi connectivity index (χ1) is 13.8. The fraction of sp³-hybridized carbons (Fsp3) is 0.400. The second-order valence-electron chi connectivity index (χ2n) is 7.29. The molecule has 1 unspecified atom stereocenters. The predicted octanol–water partition coefficient (Wildman–Crippen LogP) is 2.47. The molecule has 0 spiro atoms. The molecule has 2 aliphatic rings. The number of aromatic nitrogens is 4. The summed E-state index contributed by atoms with van der Waals surface area (Å²) in [5.74, 6) is 0.981. The SMILES string of the molecule is O=C(c1n[nH]c2c1CNCC2)N1CCCCC1c1nc(-c2ccccc2)no1. The molecule has 2 N–H and O–H groups in total. The van der Waals surface area contributed by atoms with E-state index in [1.54, 1.807) is 0 Å². The molecule has 1 fully saturated rings. The van der Waals surface area contributed by atoms with Crippen molar-refractivity contribution in [3.63, 3.8) is 0 Å². The van der Waals surface area contributed by atoms with Crippen molar-refractivity contribution in [3.8, 4) is 11.4 Å². The highest BCUT2D eigenvalue weighted by atomic mass is 16.5. The quantitative estimate of drug-likeness (QED) is 0.726. The van der Waals surface area contributed by atoms with E-state index in [2.05, 4.69) is 25.7 Å². The Bertz CT molecular complexity index is 980. The highest BCUT2D eigenvalue weighted by molar-refractivity contribution is 5.94. The summed E-state index contributed by atoms with van der Waals surface area (Å²) in [6.07, 6.45) is 3.67. The number of fused-ring (bicyclic) bond motifs is 1. The average molecular weight is 378 g/mol. The van der Waals surface area contributed by atoms with Gasteiger partial charge in [0.05, 0.1) is 0 Å². The lowest BCUT2D eigenvalue weighted by atomic mass is 10.00. The Balaban J connectivity index is 1.44. The number of carbonyl (C=O) groups is 1. The van der Waals surface area contributed by atoms with Crippen LogP contribution in [0.25, 0.3) is 11.4 Å². The van der Waals surface area contributed by atoms with Crippen LogP contribution in [-0.4, -0.2) is 44.2 Å². The van der Waals surface area contributed by atoms with Gasteiger partial charge in [-0.05, 0) is 19.3 Å². The van der Waals surface area contributed by atoms with Gasteiger partial charge in [0.25, 0.3) is 5.91 Å². The fourth-order valence-corrected chi connectivity index (χ4v) is 4.04. The zero-order chi connectivity index (χ0) is 18.9. The lowest BCUT2D eigenvalue weighted by Gasteiger charge is -2.33. The van der Waals surface area contributed by atoms with Crippen LogP contribution in [-0.2, 0) is 13.0 Å². The molecule has 0 bridgehead atoms. The van der Waals surface area contributed by atoms with Crippen LogP contribution in [0.4, 0.5) is 0 Å². The van der Waals surface area contributed by atoms with Gasteiger partial charge in [-0.1, -0.05) is 35.5 Å². The van der Waals surface area contributed by atoms with Gasteiger partial charge in [-0.15, -0.1) is 0 Å². The van der Waals surface area contributed by atoms with E-state index in [1.807, 2.05) is 35.2 Å². The van der Waals surface area contributed by atoms with Gasteiger partial charge < -0.3 is 14.7 Å². The Morgan fingerprint density at radius 1 is 1.21 bits per heavy atom. The zero-order valence-electron chi connectivity index (χ0n) is 15.5. The Morgan fingerprint density at radius 2 is 2.11 bits per heavy atom. The van der Waals surface area contributed by atoms with Gasteiger partial charge in [0, 0.05) is 42.9 Å². The van der Waals surface area contributed by atoms with E-state index >= 15 is 0 Å². The first-order valence-electron chi connectivity index (χ1n) is 9.78. The van der Waals surface area contributed by atoms with Crippen LogP contribution in [0.5, 0.6) is 0 Å². The number of benzene rings is 1. The van der Waals surface area contributed by atoms with Crippen molar-refractivity contribution in [1.82, 2.24) is 30.6 Å². The third-order valence-electron chi connectivity index (χ3n) is 5.53. The molecule has 8 heteroatoms. The van der Waals surface area contributed by atoms with Crippen molar-refractivity contribution >= 4 is 5.91 Å². The Labute approximate surface area is 162 Å². The third kappa shape index (κ3) is 2.99. The minimum atomic E-state index is -0.213. The summed E-state index contributed by atoms with van der Waals surface area (Å²) in [6.45, 7) is 2.24. The van der Waals surface area contributed by atoms with Crippen LogP contribution in [0.3, 0.4) is 0 Å². The molecule has 144 valence electrons. The van der Waals surface area contributed by atoms with Crippen molar-refractivity contribution in [2.45, 2.75) is 38.3 Å². The smallest absolute Gasteiger partial charge is 0.275 e. The maximum Gasteiger partial charge on any atom is 0.275 e. The maximum atomic E-state index is 13.3. The molecule has 2 aliphatic heterocycles. The number of hydrogen-bond donors (Lipinski definition) is 2. The number of nitrogens with zero attached hydrogens (tertiary/aromatic N) is 4. The number of carbonyl (C=O) groups excluding carboxylic acids is 1. The van der Waals surface area contributed by atoms with Crippen molar-refractivity contribution in [1.29, 1.82) is 0 Å². The molecule has 28 heavy (non-hydrogen) atoms. The van der Waals surface area contributed by atoms with Gasteiger partial charge in [-0.3, -0.25) is 9.89 Å². The highest BCUT2D eigenvalue weighted by Gasteiger charge is 2.35. The van der Waals surface area contributed by atoms with Crippen molar-refractivity contribution < 1.29 is 9.32 Å². The number of H-pyrrole nitrogens is 1. The molecule has 2 aromatic heterocycles. The van der Waals surface area contributed by atoms with E-state index < -0.39 is 0 Å². The van der Waals surface area contributed by atoms with Gasteiger partial charge >= 0.3 is 0 Å². The summed E-state index contributed by atoms with van der Waals surface area (Å²) in [5, 5.41) is 14.8. The first-order valence-corrected chi connectivity index (χ1v) is 9.78. The Kier molecular flexibility index (Phi) is 4.40. The molecule has 1 saturated heterocycles. The topological polar surface area (TPSA) is 99.9 Å². The number of nitrogens with one attached hydrogen (secondary N) is 2. The molecule has 1 atom stereocenters. The normalized spacial score (nSPS) is 19.4. The molecule has 8 nitrogen and oxygen atoms in total. The molecule has 3 aromatic rings. The summed E-state index contributed by atoms with van der Waals surface area (Å²) in [6, 6.07) is 9.51. The van der Waals surface area contributed by atoms with Crippen LogP contribution < -0.4 is 5.32 Å². The van der Waals surface area contributed by atoms with Crippen LogP contribution in [0.15, 0.2) is 34.9 Å². The van der Waals surface area contributed by atoms with E-state index in [9.17, 15) is 4.79 Å². The van der Waals surface area contributed by atoms with Crippen LogP contribution in [0.1, 0.15) is 52.9 Å². The number of rotatable bonds is 3. The lowest BCUT2D eigenvalue weighted by molar-refractivity contribution is 0.0554. The minimum absolute atomic E-state index is 0.0645. The minimum Gasteiger partial charge on any atom is -0.337 e. The second kappa shape index (κ2) is 7.20.